The number of nitrogens with one attached hydrogen (secondary N) is 1. The second-order valence-corrected chi connectivity index (χ2v) is 6.49. The molecule has 0 bridgehead atoms. The number of fused-ring (bicyclic) bond motifs is 1. The zero-order chi connectivity index (χ0) is 12.5. The second-order valence-electron chi connectivity index (χ2n) is 6.05. The molecule has 0 radical (unpaired) electrons. The maximum Gasteiger partial charge on any atom is 0.0408 e. The summed E-state index contributed by atoms with van der Waals surface area (Å²) in [6, 6.07) is 7.72. The van der Waals surface area contributed by atoms with Gasteiger partial charge in [-0.1, -0.05) is 37.4 Å². The van der Waals surface area contributed by atoms with Gasteiger partial charge in [0.2, 0.25) is 0 Å². The third-order valence-electron chi connectivity index (χ3n) is 4.66. The molecule has 1 aromatic rings. The lowest BCUT2D eigenvalue weighted by Crippen LogP contribution is -2.43. The van der Waals surface area contributed by atoms with Crippen LogP contribution in [0.2, 0.25) is 5.02 Å². The van der Waals surface area contributed by atoms with E-state index in [1.165, 1.54) is 43.2 Å². The van der Waals surface area contributed by atoms with Gasteiger partial charge in [-0.15, -0.1) is 0 Å². The van der Waals surface area contributed by atoms with Crippen LogP contribution in [0.1, 0.15) is 43.7 Å². The van der Waals surface area contributed by atoms with Crippen LogP contribution in [0.3, 0.4) is 0 Å². The quantitative estimate of drug-likeness (QED) is 0.851. The highest BCUT2D eigenvalue weighted by Crippen LogP contribution is 2.28. The molecule has 1 fully saturated rings. The van der Waals surface area contributed by atoms with Crippen LogP contribution in [0.15, 0.2) is 18.2 Å². The first kappa shape index (κ1) is 12.5. The highest BCUT2D eigenvalue weighted by Gasteiger charge is 2.27. The van der Waals surface area contributed by atoms with Crippen molar-refractivity contribution in [3.63, 3.8) is 0 Å². The Labute approximate surface area is 115 Å². The molecule has 0 aliphatic heterocycles. The minimum absolute atomic E-state index is 0.629. The molecule has 1 N–H and O–H groups in total. The van der Waals surface area contributed by atoms with E-state index in [9.17, 15) is 0 Å². The molecule has 1 nitrogen and oxygen atoms in total. The van der Waals surface area contributed by atoms with E-state index in [0.29, 0.717) is 6.04 Å². The molecule has 3 unspecified atom stereocenters. The van der Waals surface area contributed by atoms with Crippen molar-refractivity contribution in [3.8, 4) is 0 Å². The van der Waals surface area contributed by atoms with Gasteiger partial charge in [-0.2, -0.15) is 0 Å². The molecule has 0 heterocycles. The normalized spacial score (nSPS) is 31.3. The van der Waals surface area contributed by atoms with Crippen LogP contribution in [0.4, 0.5) is 0 Å². The first-order valence-corrected chi connectivity index (χ1v) is 7.63. The monoisotopic (exact) mass is 263 g/mol. The van der Waals surface area contributed by atoms with Crippen molar-refractivity contribution in [2.75, 3.05) is 0 Å². The van der Waals surface area contributed by atoms with Crippen LogP contribution < -0.4 is 5.32 Å². The van der Waals surface area contributed by atoms with Gasteiger partial charge in [0.1, 0.15) is 0 Å². The molecule has 3 atom stereocenters. The maximum absolute atomic E-state index is 6.07. The standard InChI is InChI=1S/C16H22ClN/c1-11-4-2-3-5-16(11)18-15-9-12-6-7-14(17)8-13(12)10-15/h6-8,11,15-16,18H,2-5,9-10H2,1H3. The van der Waals surface area contributed by atoms with Crippen molar-refractivity contribution in [2.45, 2.75) is 57.5 Å². The first-order chi connectivity index (χ1) is 8.72. The molecule has 98 valence electrons. The summed E-state index contributed by atoms with van der Waals surface area (Å²) in [7, 11) is 0. The summed E-state index contributed by atoms with van der Waals surface area (Å²) in [4.78, 5) is 0. The lowest BCUT2D eigenvalue weighted by atomic mass is 9.85. The van der Waals surface area contributed by atoms with Crippen molar-refractivity contribution in [3.05, 3.63) is 34.3 Å². The third-order valence-corrected chi connectivity index (χ3v) is 4.90. The molecule has 0 amide bonds. The minimum Gasteiger partial charge on any atom is -0.310 e. The largest absolute Gasteiger partial charge is 0.310 e. The summed E-state index contributed by atoms with van der Waals surface area (Å²) >= 11 is 6.07. The summed E-state index contributed by atoms with van der Waals surface area (Å²) < 4.78 is 0. The highest BCUT2D eigenvalue weighted by molar-refractivity contribution is 6.30. The molecule has 1 saturated carbocycles. The van der Waals surface area contributed by atoms with Crippen LogP contribution in [-0.4, -0.2) is 12.1 Å². The Bertz CT molecular complexity index is 429. The van der Waals surface area contributed by atoms with Gasteiger partial charge < -0.3 is 5.32 Å². The molecule has 2 heteroatoms. The van der Waals surface area contributed by atoms with E-state index in [1.807, 2.05) is 6.07 Å². The molecule has 1 aromatic carbocycles. The lowest BCUT2D eigenvalue weighted by molar-refractivity contribution is 0.259. The highest BCUT2D eigenvalue weighted by atomic mass is 35.5. The van der Waals surface area contributed by atoms with Crippen molar-refractivity contribution in [2.24, 2.45) is 5.92 Å². The van der Waals surface area contributed by atoms with Gasteiger partial charge >= 0.3 is 0 Å². The average molecular weight is 264 g/mol. The van der Waals surface area contributed by atoms with Crippen LogP contribution >= 0.6 is 11.6 Å². The summed E-state index contributed by atoms with van der Waals surface area (Å²) in [5.41, 5.74) is 2.93. The fraction of sp³-hybridized carbons (Fsp3) is 0.625. The Hall–Kier alpha value is -0.530. The Morgan fingerprint density at radius 1 is 1.11 bits per heavy atom. The number of hydrogen-bond acceptors (Lipinski definition) is 1. The van der Waals surface area contributed by atoms with Crippen molar-refractivity contribution >= 4 is 11.6 Å². The van der Waals surface area contributed by atoms with E-state index in [4.69, 9.17) is 11.6 Å². The molecule has 0 spiro atoms. The van der Waals surface area contributed by atoms with Gasteiger partial charge in [-0.25, -0.2) is 0 Å². The zero-order valence-corrected chi connectivity index (χ0v) is 11.8. The molecule has 2 aliphatic carbocycles. The number of rotatable bonds is 2. The zero-order valence-electron chi connectivity index (χ0n) is 11.1. The van der Waals surface area contributed by atoms with Crippen LogP contribution in [-0.2, 0) is 12.8 Å². The minimum atomic E-state index is 0.629. The Balaban J connectivity index is 1.63. The van der Waals surface area contributed by atoms with E-state index in [0.717, 1.165) is 23.4 Å². The molecule has 2 aliphatic rings. The Kier molecular flexibility index (Phi) is 3.63. The molecular weight excluding hydrogens is 242 g/mol. The lowest BCUT2D eigenvalue weighted by Gasteiger charge is -2.32. The van der Waals surface area contributed by atoms with E-state index in [2.05, 4.69) is 24.4 Å². The summed E-state index contributed by atoms with van der Waals surface area (Å²) in [6.45, 7) is 2.40. The van der Waals surface area contributed by atoms with Gasteiger partial charge in [0.25, 0.3) is 0 Å². The molecule has 0 saturated heterocycles. The predicted octanol–water partition coefficient (Wildman–Crippen LogP) is 3.98. The fourth-order valence-corrected chi connectivity index (χ4v) is 3.77. The predicted molar refractivity (Wildman–Crippen MR) is 77.2 cm³/mol. The van der Waals surface area contributed by atoms with Gasteiger partial charge in [0.05, 0.1) is 0 Å². The van der Waals surface area contributed by atoms with Crippen LogP contribution in [0, 0.1) is 5.92 Å². The maximum atomic E-state index is 6.07. The summed E-state index contributed by atoms with van der Waals surface area (Å²) in [5.74, 6) is 0.839. The SMILES string of the molecule is CC1CCCCC1NC1Cc2ccc(Cl)cc2C1. The number of hydrogen-bond donors (Lipinski definition) is 1. The van der Waals surface area contributed by atoms with Gasteiger partial charge in [-0.05, 0) is 54.9 Å². The smallest absolute Gasteiger partial charge is 0.0408 e. The average Bonchev–Trinajstić information content (AvgIpc) is 2.73. The Morgan fingerprint density at radius 3 is 2.72 bits per heavy atom. The first-order valence-electron chi connectivity index (χ1n) is 7.26. The molecule has 18 heavy (non-hydrogen) atoms. The van der Waals surface area contributed by atoms with Gasteiger partial charge in [0.15, 0.2) is 0 Å². The van der Waals surface area contributed by atoms with Crippen LogP contribution in [0.5, 0.6) is 0 Å². The van der Waals surface area contributed by atoms with E-state index in [-0.39, 0.29) is 0 Å². The number of halogens is 1. The molecule has 3 rings (SSSR count). The van der Waals surface area contributed by atoms with Crippen LogP contribution in [0.25, 0.3) is 0 Å². The van der Waals surface area contributed by atoms with E-state index < -0.39 is 0 Å². The van der Waals surface area contributed by atoms with E-state index in [1.54, 1.807) is 0 Å². The fourth-order valence-electron chi connectivity index (χ4n) is 3.57. The topological polar surface area (TPSA) is 12.0 Å². The van der Waals surface area contributed by atoms with Gasteiger partial charge in [0, 0.05) is 17.1 Å². The number of benzene rings is 1. The van der Waals surface area contributed by atoms with Crippen molar-refractivity contribution < 1.29 is 0 Å². The molecular formula is C16H22ClN. The van der Waals surface area contributed by atoms with Crippen molar-refractivity contribution in [1.82, 2.24) is 5.32 Å². The second kappa shape index (κ2) is 5.22. The summed E-state index contributed by atoms with van der Waals surface area (Å²) in [6.07, 6.45) is 7.89. The molecule has 0 aromatic heterocycles. The Morgan fingerprint density at radius 2 is 1.89 bits per heavy atom. The summed E-state index contributed by atoms with van der Waals surface area (Å²) in [5, 5.41) is 4.77. The van der Waals surface area contributed by atoms with Crippen molar-refractivity contribution in [1.29, 1.82) is 0 Å². The van der Waals surface area contributed by atoms with E-state index >= 15 is 0 Å². The van der Waals surface area contributed by atoms with Gasteiger partial charge in [-0.3, -0.25) is 0 Å². The third kappa shape index (κ3) is 2.57.